The number of halogens is 1. The molecular weight excluding hydrogens is 578 g/mol. The molecule has 0 aromatic carbocycles. The van der Waals surface area contributed by atoms with E-state index in [2.05, 4.69) is 15.3 Å². The fourth-order valence-corrected chi connectivity index (χ4v) is 6.77. The Bertz CT molecular complexity index is 949. The van der Waals surface area contributed by atoms with Crippen molar-refractivity contribution in [1.82, 2.24) is 10.2 Å². The van der Waals surface area contributed by atoms with Crippen molar-refractivity contribution >= 4 is 35.4 Å². The summed E-state index contributed by atoms with van der Waals surface area (Å²) in [6.07, 6.45) is -1.93. The van der Waals surface area contributed by atoms with Crippen molar-refractivity contribution in [2.45, 2.75) is 112 Å². The van der Waals surface area contributed by atoms with E-state index in [-0.39, 0.29) is 18.4 Å². The zero-order chi connectivity index (χ0) is 30.5. The van der Waals surface area contributed by atoms with E-state index in [0.29, 0.717) is 13.2 Å². The van der Waals surface area contributed by atoms with E-state index in [0.717, 1.165) is 37.4 Å². The fourth-order valence-electron chi connectivity index (χ4n) is 5.89. The smallest absolute Gasteiger partial charge is 0.411 e. The van der Waals surface area contributed by atoms with Crippen molar-refractivity contribution in [3.05, 3.63) is 10.4 Å². The van der Waals surface area contributed by atoms with Crippen LogP contribution < -0.4 is 5.32 Å². The molecule has 3 rings (SSSR count). The summed E-state index contributed by atoms with van der Waals surface area (Å²) in [5.41, 5.74) is 6.92. The van der Waals surface area contributed by atoms with E-state index in [1.165, 1.54) is 4.90 Å². The number of aliphatic hydroxyl groups excluding tert-OH is 3. The van der Waals surface area contributed by atoms with Crippen LogP contribution in [0.4, 0.5) is 4.79 Å². The Morgan fingerprint density at radius 3 is 2.59 bits per heavy atom. The number of nitrogens with zero attached hydrogens (tertiary/aromatic N) is 4. The Balaban J connectivity index is 1.84. The fraction of sp³-hybridized carbons (Fsp3) is 0.923. The number of fused-ring (bicyclic) bond motifs is 1. The zero-order valence-corrected chi connectivity index (χ0v) is 25.8. The van der Waals surface area contributed by atoms with Crippen molar-refractivity contribution in [1.29, 1.82) is 0 Å². The number of carbonyl (C=O) groups is 2. The highest BCUT2D eigenvalue weighted by Gasteiger charge is 2.53. The molecule has 3 heterocycles. The molecule has 3 aliphatic rings. The van der Waals surface area contributed by atoms with Crippen molar-refractivity contribution in [2.75, 3.05) is 26.0 Å². The molecule has 11 atom stereocenters. The van der Waals surface area contributed by atoms with E-state index in [1.54, 1.807) is 34.0 Å². The number of aliphatic hydroxyl groups is 3. The Labute approximate surface area is 250 Å². The van der Waals surface area contributed by atoms with Gasteiger partial charge in [0.1, 0.15) is 41.5 Å². The maximum atomic E-state index is 14.0. The third kappa shape index (κ3) is 8.54. The molecule has 0 aliphatic carbocycles. The van der Waals surface area contributed by atoms with Crippen LogP contribution in [0.3, 0.4) is 0 Å². The second kappa shape index (κ2) is 14.8. The van der Waals surface area contributed by atoms with Crippen LogP contribution in [0.2, 0.25) is 0 Å². The first-order chi connectivity index (χ1) is 19.3. The van der Waals surface area contributed by atoms with Gasteiger partial charge in [-0.05, 0) is 64.7 Å². The number of alkyl halides is 1. The summed E-state index contributed by atoms with van der Waals surface area (Å²) >= 11 is 7.64. The van der Waals surface area contributed by atoms with E-state index < -0.39 is 71.0 Å². The van der Waals surface area contributed by atoms with E-state index >= 15 is 0 Å². The number of likely N-dealkylation sites (tertiary alicyclic amines) is 1. The number of rotatable bonds is 9. The normalized spacial score (nSPS) is 35.4. The van der Waals surface area contributed by atoms with Crippen molar-refractivity contribution < 1.29 is 39.1 Å². The van der Waals surface area contributed by atoms with Crippen molar-refractivity contribution in [3.63, 3.8) is 0 Å². The van der Waals surface area contributed by atoms with Gasteiger partial charge in [-0.2, -0.15) is 0 Å². The second-order valence-corrected chi connectivity index (χ2v) is 13.7. The summed E-state index contributed by atoms with van der Waals surface area (Å²) in [7, 11) is 0. The van der Waals surface area contributed by atoms with Crippen LogP contribution in [-0.2, 0) is 19.0 Å². The van der Waals surface area contributed by atoms with Crippen LogP contribution in [0.25, 0.3) is 10.4 Å². The van der Waals surface area contributed by atoms with Gasteiger partial charge in [-0.15, -0.1) is 23.4 Å². The lowest BCUT2D eigenvalue weighted by molar-refractivity contribution is -0.205. The zero-order valence-electron chi connectivity index (χ0n) is 24.3. The Morgan fingerprint density at radius 2 is 1.98 bits per heavy atom. The quantitative estimate of drug-likeness (QED) is 0.0985. The minimum absolute atomic E-state index is 0.133. The Hall–Kier alpha value is -1.51. The van der Waals surface area contributed by atoms with Gasteiger partial charge in [-0.25, -0.2) is 4.79 Å². The van der Waals surface area contributed by atoms with Crippen molar-refractivity contribution in [2.24, 2.45) is 17.0 Å². The van der Waals surface area contributed by atoms with Crippen LogP contribution >= 0.6 is 23.4 Å². The van der Waals surface area contributed by atoms with Crippen LogP contribution in [0.15, 0.2) is 5.11 Å². The van der Waals surface area contributed by atoms with Crippen molar-refractivity contribution in [3.8, 4) is 0 Å². The summed E-state index contributed by atoms with van der Waals surface area (Å²) in [5, 5.41) is 37.2. The molecule has 2 unspecified atom stereocenters. The maximum absolute atomic E-state index is 14.0. The first-order valence-corrected chi connectivity index (χ1v) is 15.8. The molecule has 41 heavy (non-hydrogen) atoms. The number of nitrogens with one attached hydrogen (secondary N) is 1. The molecule has 0 bridgehead atoms. The van der Waals surface area contributed by atoms with Gasteiger partial charge < -0.3 is 34.8 Å². The highest BCUT2D eigenvalue weighted by molar-refractivity contribution is 7.99. The third-order valence-electron chi connectivity index (χ3n) is 7.84. The summed E-state index contributed by atoms with van der Waals surface area (Å²) in [4.78, 5) is 31.5. The largest absolute Gasteiger partial charge is 0.444 e. The first-order valence-electron chi connectivity index (χ1n) is 14.1. The molecule has 0 aromatic rings. The van der Waals surface area contributed by atoms with Gasteiger partial charge in [-0.1, -0.05) is 11.5 Å². The summed E-state index contributed by atoms with van der Waals surface area (Å²) in [6.45, 7) is 7.94. The summed E-state index contributed by atoms with van der Waals surface area (Å²) < 4.78 is 17.8. The van der Waals surface area contributed by atoms with Gasteiger partial charge in [0, 0.05) is 30.5 Å². The molecule has 234 valence electrons. The number of hydrogen-bond acceptors (Lipinski definition) is 10. The van der Waals surface area contributed by atoms with Crippen LogP contribution in [0.5, 0.6) is 0 Å². The molecule has 0 saturated carbocycles. The van der Waals surface area contributed by atoms with Crippen LogP contribution in [-0.4, -0.2) is 117 Å². The predicted molar refractivity (Wildman–Crippen MR) is 153 cm³/mol. The molecule has 13 nitrogen and oxygen atoms in total. The van der Waals surface area contributed by atoms with Gasteiger partial charge in [0.25, 0.3) is 0 Å². The molecule has 2 amide bonds. The second-order valence-electron chi connectivity index (χ2n) is 12.0. The van der Waals surface area contributed by atoms with Gasteiger partial charge >= 0.3 is 6.09 Å². The molecule has 4 N–H and O–H groups in total. The highest BCUT2D eigenvalue weighted by Crippen LogP contribution is 2.38. The third-order valence-corrected chi connectivity index (χ3v) is 8.97. The van der Waals surface area contributed by atoms with E-state index in [4.69, 9.17) is 31.3 Å². The molecule has 15 heteroatoms. The maximum Gasteiger partial charge on any atom is 0.411 e. The average Bonchev–Trinajstić information content (AvgIpc) is 3.14. The number of hydrogen-bond donors (Lipinski definition) is 4. The first kappa shape index (κ1) is 34.0. The minimum Gasteiger partial charge on any atom is -0.444 e. The van der Waals surface area contributed by atoms with Crippen LogP contribution in [0, 0.1) is 11.8 Å². The van der Waals surface area contributed by atoms with Gasteiger partial charge in [-0.3, -0.25) is 9.69 Å². The SMILES string of the molecule is CSC1O[C@H]([C@H](NC(=O)[C@@H]2[C@@H]3OCC[C@@H](CCCN=[N+]=[N-])C[C@H]3CN2C(=O)OC(C)(C)C)[C@H](C)Cl)C(O)[C@@H](O)[C@H]1O. The monoisotopic (exact) mass is 621 g/mol. The molecule has 3 aliphatic heterocycles. The number of azide groups is 1. The standard InChI is InChI=1S/C26H44ClN5O8S/c1-13(27)16(22-19(34)18(33)20(35)24(39-22)41-5)30-23(36)17-21-15(12-32(17)25(37)40-26(2,3)4)11-14(8-10-38-21)7-6-9-29-31-28/h13-22,24,33-35H,6-12H2,1-5H3,(H,30,36)/t13-,14+,15-,16+,17-,18+,19?,20+,21+,22+,24?/m0/s1. The molecular formula is C26H44ClN5O8S. The lowest BCUT2D eigenvalue weighted by Gasteiger charge is -2.44. The topological polar surface area (TPSA) is 187 Å². The summed E-state index contributed by atoms with van der Waals surface area (Å²) in [5.74, 6) is -0.398. The molecule has 0 spiro atoms. The molecule has 0 aromatic heterocycles. The van der Waals surface area contributed by atoms with Gasteiger partial charge in [0.2, 0.25) is 5.91 Å². The average molecular weight is 622 g/mol. The number of ether oxygens (including phenoxy) is 3. The Kier molecular flexibility index (Phi) is 12.3. The number of carbonyl (C=O) groups excluding carboxylic acids is 2. The highest BCUT2D eigenvalue weighted by atomic mass is 35.5. The Morgan fingerprint density at radius 1 is 1.27 bits per heavy atom. The minimum atomic E-state index is -1.52. The number of amides is 2. The summed E-state index contributed by atoms with van der Waals surface area (Å²) in [6, 6.07) is -1.99. The van der Waals surface area contributed by atoms with Gasteiger partial charge in [0.05, 0.1) is 17.5 Å². The molecule has 0 radical (unpaired) electrons. The van der Waals surface area contributed by atoms with E-state index in [9.17, 15) is 24.9 Å². The lowest BCUT2D eigenvalue weighted by Crippen LogP contribution is -2.65. The predicted octanol–water partition coefficient (Wildman–Crippen LogP) is 2.39. The van der Waals surface area contributed by atoms with Crippen LogP contribution in [0.1, 0.15) is 53.4 Å². The molecule has 3 fully saturated rings. The number of thioether (sulfide) groups is 1. The molecule has 3 saturated heterocycles. The van der Waals surface area contributed by atoms with Gasteiger partial charge in [0.15, 0.2) is 0 Å². The van der Waals surface area contributed by atoms with E-state index in [1.807, 2.05) is 0 Å². The lowest BCUT2D eigenvalue weighted by atomic mass is 9.87.